The minimum Gasteiger partial charge on any atom is -0.492 e. The molecule has 0 bridgehead atoms. The van der Waals surface area contributed by atoms with Gasteiger partial charge in [0.05, 0.1) is 11.4 Å². The molecule has 0 saturated carbocycles. The first-order valence-corrected chi connectivity index (χ1v) is 9.44. The summed E-state index contributed by atoms with van der Waals surface area (Å²) in [5, 5.41) is 4.78. The molecule has 1 unspecified atom stereocenters. The van der Waals surface area contributed by atoms with Gasteiger partial charge in [-0.15, -0.1) is 11.3 Å². The van der Waals surface area contributed by atoms with Crippen LogP contribution in [0.25, 0.3) is 0 Å². The lowest BCUT2D eigenvalue weighted by Gasteiger charge is -2.34. The Hall–Kier alpha value is -2.34. The number of rotatable bonds is 6. The van der Waals surface area contributed by atoms with Gasteiger partial charge in [-0.1, -0.05) is 24.3 Å². The number of thiophene rings is 1. The van der Waals surface area contributed by atoms with E-state index in [4.69, 9.17) is 4.74 Å². The van der Waals surface area contributed by atoms with Crippen molar-refractivity contribution in [2.75, 3.05) is 19.7 Å². The maximum absolute atomic E-state index is 12.6. The smallest absolute Gasteiger partial charge is 0.264 e. The van der Waals surface area contributed by atoms with Crippen LogP contribution in [0.4, 0.5) is 0 Å². The summed E-state index contributed by atoms with van der Waals surface area (Å²) in [4.78, 5) is 27.6. The zero-order valence-electron chi connectivity index (χ0n) is 14.0. The van der Waals surface area contributed by atoms with Crippen LogP contribution in [-0.4, -0.2) is 42.5 Å². The van der Waals surface area contributed by atoms with Crippen LogP contribution >= 0.6 is 11.3 Å². The number of hydrogen-bond donors (Lipinski definition) is 1. The average Bonchev–Trinajstić information content (AvgIpc) is 3.20. The molecule has 5 nitrogen and oxygen atoms in total. The summed E-state index contributed by atoms with van der Waals surface area (Å²) in [6, 6.07) is 12.8. The number of nitrogens with one attached hydrogen (secondary N) is 1. The molecule has 0 radical (unpaired) electrons. The Bertz CT molecular complexity index is 688. The Morgan fingerprint density at radius 3 is 2.76 bits per heavy atom. The third-order valence-electron chi connectivity index (χ3n) is 4.21. The summed E-state index contributed by atoms with van der Waals surface area (Å²) in [6.07, 6.45) is 2.62. The molecule has 1 aliphatic heterocycles. The summed E-state index contributed by atoms with van der Waals surface area (Å²) in [7, 11) is 0. The number of carbonyl (C=O) groups is 2. The molecule has 0 aliphatic carbocycles. The maximum Gasteiger partial charge on any atom is 0.264 e. The zero-order valence-corrected chi connectivity index (χ0v) is 14.8. The van der Waals surface area contributed by atoms with Crippen LogP contribution in [-0.2, 0) is 4.79 Å². The number of hydrogen-bond acceptors (Lipinski definition) is 4. The standard InChI is InChI=1S/C19H22N2O3S/c22-18(20-11-13-24-15-7-2-1-3-8-15)16-9-4-5-12-21(16)19(23)17-10-6-14-25-17/h1-3,6-8,10,14,16H,4-5,9,11-13H2,(H,20,22). The lowest BCUT2D eigenvalue weighted by molar-refractivity contribution is -0.126. The number of nitrogens with zero attached hydrogens (tertiary/aromatic N) is 1. The van der Waals surface area contributed by atoms with Crippen molar-refractivity contribution < 1.29 is 14.3 Å². The van der Waals surface area contributed by atoms with Gasteiger partial charge in [-0.05, 0) is 42.8 Å². The molecule has 1 aromatic carbocycles. The third-order valence-corrected chi connectivity index (χ3v) is 5.07. The van der Waals surface area contributed by atoms with Crippen molar-refractivity contribution >= 4 is 23.2 Å². The van der Waals surface area contributed by atoms with Gasteiger partial charge < -0.3 is 15.0 Å². The summed E-state index contributed by atoms with van der Waals surface area (Å²) in [5.74, 6) is 0.639. The van der Waals surface area contributed by atoms with Crippen molar-refractivity contribution in [3.63, 3.8) is 0 Å². The molecular formula is C19H22N2O3S. The van der Waals surface area contributed by atoms with E-state index in [0.29, 0.717) is 31.0 Å². The molecule has 2 heterocycles. The summed E-state index contributed by atoms with van der Waals surface area (Å²) < 4.78 is 5.58. The van der Waals surface area contributed by atoms with E-state index in [1.165, 1.54) is 11.3 Å². The second-order valence-corrected chi connectivity index (χ2v) is 6.89. The van der Waals surface area contributed by atoms with Crippen molar-refractivity contribution in [1.82, 2.24) is 10.2 Å². The van der Waals surface area contributed by atoms with E-state index in [0.717, 1.165) is 18.6 Å². The second-order valence-electron chi connectivity index (χ2n) is 5.94. The third kappa shape index (κ3) is 4.60. The minimum atomic E-state index is -0.389. The fraction of sp³-hybridized carbons (Fsp3) is 0.368. The molecule has 1 aliphatic rings. The summed E-state index contributed by atoms with van der Waals surface area (Å²) >= 11 is 1.41. The number of para-hydroxylation sites is 1. The minimum absolute atomic E-state index is 0.0459. The molecule has 0 spiro atoms. The van der Waals surface area contributed by atoms with Gasteiger partial charge in [0, 0.05) is 6.54 Å². The van der Waals surface area contributed by atoms with Gasteiger partial charge >= 0.3 is 0 Å². The van der Waals surface area contributed by atoms with Gasteiger partial charge in [-0.2, -0.15) is 0 Å². The first-order chi connectivity index (χ1) is 12.3. The predicted octanol–water partition coefficient (Wildman–Crippen LogP) is 2.94. The highest BCUT2D eigenvalue weighted by Crippen LogP contribution is 2.21. The van der Waals surface area contributed by atoms with E-state index in [-0.39, 0.29) is 17.9 Å². The van der Waals surface area contributed by atoms with Crippen molar-refractivity contribution in [2.24, 2.45) is 0 Å². The topological polar surface area (TPSA) is 58.6 Å². The second kappa shape index (κ2) is 8.67. The number of amides is 2. The van der Waals surface area contributed by atoms with Gasteiger partial charge in [0.15, 0.2) is 0 Å². The molecule has 6 heteroatoms. The number of likely N-dealkylation sites (tertiary alicyclic amines) is 1. The van der Waals surface area contributed by atoms with Gasteiger partial charge in [-0.25, -0.2) is 0 Å². The maximum atomic E-state index is 12.6. The SMILES string of the molecule is O=C(NCCOc1ccccc1)C1CCCCN1C(=O)c1cccs1. The number of piperidine rings is 1. The zero-order chi connectivity index (χ0) is 17.5. The Labute approximate surface area is 151 Å². The van der Waals surface area contributed by atoms with Crippen LogP contribution in [0.3, 0.4) is 0 Å². The molecule has 1 atom stereocenters. The molecule has 1 N–H and O–H groups in total. The van der Waals surface area contributed by atoms with Crippen molar-refractivity contribution in [3.8, 4) is 5.75 Å². The van der Waals surface area contributed by atoms with Crippen molar-refractivity contribution in [1.29, 1.82) is 0 Å². The quantitative estimate of drug-likeness (QED) is 0.808. The normalized spacial score (nSPS) is 17.1. The Morgan fingerprint density at radius 2 is 2.00 bits per heavy atom. The number of carbonyl (C=O) groups excluding carboxylic acids is 2. The molecule has 1 saturated heterocycles. The van der Waals surface area contributed by atoms with Crippen LogP contribution in [0.15, 0.2) is 47.8 Å². The molecule has 1 aromatic heterocycles. The van der Waals surface area contributed by atoms with Gasteiger partial charge in [-0.3, -0.25) is 9.59 Å². The highest BCUT2D eigenvalue weighted by atomic mass is 32.1. The van der Waals surface area contributed by atoms with Crippen molar-refractivity contribution in [3.05, 3.63) is 52.7 Å². The van der Waals surface area contributed by atoms with Crippen LogP contribution in [0.5, 0.6) is 5.75 Å². The fourth-order valence-electron chi connectivity index (χ4n) is 2.97. The van der Waals surface area contributed by atoms with E-state index in [1.54, 1.807) is 4.90 Å². The molecular weight excluding hydrogens is 336 g/mol. The van der Waals surface area contributed by atoms with E-state index in [2.05, 4.69) is 5.32 Å². The Balaban J connectivity index is 1.51. The van der Waals surface area contributed by atoms with Crippen LogP contribution in [0, 0.1) is 0 Å². The van der Waals surface area contributed by atoms with Crippen LogP contribution in [0.1, 0.15) is 28.9 Å². The monoisotopic (exact) mass is 358 g/mol. The van der Waals surface area contributed by atoms with Gasteiger partial charge in [0.1, 0.15) is 18.4 Å². The first-order valence-electron chi connectivity index (χ1n) is 8.56. The van der Waals surface area contributed by atoms with Gasteiger partial charge in [0.2, 0.25) is 5.91 Å². The highest BCUT2D eigenvalue weighted by Gasteiger charge is 2.32. The van der Waals surface area contributed by atoms with E-state index in [1.807, 2.05) is 47.8 Å². The molecule has 3 rings (SSSR count). The fourth-order valence-corrected chi connectivity index (χ4v) is 3.65. The largest absolute Gasteiger partial charge is 0.492 e. The number of ether oxygens (including phenoxy) is 1. The van der Waals surface area contributed by atoms with Crippen LogP contribution < -0.4 is 10.1 Å². The van der Waals surface area contributed by atoms with Crippen molar-refractivity contribution in [2.45, 2.75) is 25.3 Å². The number of benzene rings is 1. The summed E-state index contributed by atoms with van der Waals surface area (Å²) in [5.41, 5.74) is 0. The highest BCUT2D eigenvalue weighted by molar-refractivity contribution is 7.12. The molecule has 132 valence electrons. The van der Waals surface area contributed by atoms with Gasteiger partial charge in [0.25, 0.3) is 5.91 Å². The average molecular weight is 358 g/mol. The van der Waals surface area contributed by atoms with E-state index < -0.39 is 0 Å². The van der Waals surface area contributed by atoms with E-state index in [9.17, 15) is 9.59 Å². The Kier molecular flexibility index (Phi) is 6.06. The lowest BCUT2D eigenvalue weighted by Crippen LogP contribution is -2.52. The van der Waals surface area contributed by atoms with Crippen LogP contribution in [0.2, 0.25) is 0 Å². The predicted molar refractivity (Wildman–Crippen MR) is 97.9 cm³/mol. The summed E-state index contributed by atoms with van der Waals surface area (Å²) in [6.45, 7) is 1.46. The Morgan fingerprint density at radius 1 is 1.16 bits per heavy atom. The molecule has 25 heavy (non-hydrogen) atoms. The first kappa shape index (κ1) is 17.5. The van der Waals surface area contributed by atoms with E-state index >= 15 is 0 Å². The lowest BCUT2D eigenvalue weighted by atomic mass is 10.0. The molecule has 2 amide bonds. The molecule has 2 aromatic rings. The molecule has 1 fully saturated rings.